The molecule has 92 valence electrons. The molecule has 1 aliphatic heterocycles. The van der Waals surface area contributed by atoms with Crippen molar-refractivity contribution in [2.75, 3.05) is 0 Å². The number of hydrogen-bond donors (Lipinski definition) is 0. The Hall–Kier alpha value is -2.13. The van der Waals surface area contributed by atoms with E-state index in [0.29, 0.717) is 5.56 Å². The van der Waals surface area contributed by atoms with Gasteiger partial charge in [-0.05, 0) is 30.7 Å². The second-order valence-corrected chi connectivity index (χ2v) is 5.53. The zero-order chi connectivity index (χ0) is 13.2. The van der Waals surface area contributed by atoms with E-state index in [0.717, 1.165) is 4.41 Å². The predicted octanol–water partition coefficient (Wildman–Crippen LogP) is 1.43. The second-order valence-electron chi connectivity index (χ2n) is 3.77. The van der Waals surface area contributed by atoms with Gasteiger partial charge < -0.3 is 0 Å². The number of rotatable bonds is 2. The highest BCUT2D eigenvalue weighted by Gasteiger charge is 2.30. The fourth-order valence-electron chi connectivity index (χ4n) is 1.66. The first-order chi connectivity index (χ1) is 8.57. The molecule has 0 aliphatic carbocycles. The minimum absolute atomic E-state index is 0.165. The van der Waals surface area contributed by atoms with Crippen LogP contribution in [-0.2, 0) is 10.0 Å². The lowest BCUT2D eigenvalue weighted by atomic mass is 10.2. The molecule has 0 spiro atoms. The molecular weight excluding hydrogens is 250 g/mol. The van der Waals surface area contributed by atoms with E-state index in [9.17, 15) is 8.42 Å². The molecule has 1 aromatic carbocycles. The highest BCUT2D eigenvalue weighted by Crippen LogP contribution is 2.23. The first-order valence-electron chi connectivity index (χ1n) is 5.28. The Morgan fingerprint density at radius 1 is 1.39 bits per heavy atom. The minimum Gasteiger partial charge on any atom is -0.200 e. The molecule has 0 fully saturated rings. The molecule has 0 aromatic heterocycles. The van der Waals surface area contributed by atoms with Gasteiger partial charge in [0, 0.05) is 6.21 Å². The third-order valence-electron chi connectivity index (χ3n) is 2.55. The normalized spacial score (nSPS) is 18.7. The molecule has 1 heterocycles. The lowest BCUT2D eigenvalue weighted by molar-refractivity contribution is 0.420. The first-order valence-corrected chi connectivity index (χ1v) is 6.72. The predicted molar refractivity (Wildman–Crippen MR) is 67.2 cm³/mol. The number of nitriles is 1. The molecule has 1 unspecified atom stereocenters. The first kappa shape index (κ1) is 12.3. The summed E-state index contributed by atoms with van der Waals surface area (Å²) in [6.45, 7) is 1.71. The van der Waals surface area contributed by atoms with Crippen molar-refractivity contribution in [1.82, 2.24) is 4.41 Å². The van der Waals surface area contributed by atoms with Crippen LogP contribution in [0.25, 0.3) is 0 Å². The van der Waals surface area contributed by atoms with Crippen LogP contribution in [0.3, 0.4) is 0 Å². The van der Waals surface area contributed by atoms with Crippen LogP contribution in [-0.4, -0.2) is 25.1 Å². The van der Waals surface area contributed by atoms with Crippen LogP contribution in [0.1, 0.15) is 5.56 Å². The summed E-state index contributed by atoms with van der Waals surface area (Å²) >= 11 is 0. The van der Waals surface area contributed by atoms with E-state index in [1.807, 2.05) is 6.07 Å². The van der Waals surface area contributed by atoms with Gasteiger partial charge >= 0.3 is 0 Å². The third kappa shape index (κ3) is 2.00. The number of aryl methyl sites for hydroxylation is 1. The summed E-state index contributed by atoms with van der Waals surface area (Å²) < 4.78 is 25.6. The van der Waals surface area contributed by atoms with Crippen molar-refractivity contribution >= 4 is 16.2 Å². The Kier molecular flexibility index (Phi) is 3.17. The highest BCUT2D eigenvalue weighted by molar-refractivity contribution is 7.89. The van der Waals surface area contributed by atoms with E-state index in [1.54, 1.807) is 31.2 Å². The van der Waals surface area contributed by atoms with Crippen LogP contribution in [0.4, 0.5) is 0 Å². The molecular formula is C12H11N3O2S. The van der Waals surface area contributed by atoms with Crippen molar-refractivity contribution in [3.8, 4) is 6.07 Å². The van der Waals surface area contributed by atoms with Gasteiger partial charge in [-0.3, -0.25) is 0 Å². The summed E-state index contributed by atoms with van der Waals surface area (Å²) in [5, 5.41) is 12.7. The van der Waals surface area contributed by atoms with E-state index in [1.165, 1.54) is 18.4 Å². The topological polar surface area (TPSA) is 73.5 Å². The summed E-state index contributed by atoms with van der Waals surface area (Å²) in [6, 6.07) is 7.61. The van der Waals surface area contributed by atoms with Crippen molar-refractivity contribution in [2.24, 2.45) is 5.10 Å². The fraction of sp³-hybridized carbons (Fsp3) is 0.167. The molecule has 0 saturated heterocycles. The van der Waals surface area contributed by atoms with Crippen LogP contribution >= 0.6 is 0 Å². The van der Waals surface area contributed by atoms with Crippen LogP contribution in [0, 0.1) is 18.3 Å². The monoisotopic (exact) mass is 261 g/mol. The molecule has 0 saturated carbocycles. The molecule has 1 aromatic rings. The molecule has 0 bridgehead atoms. The van der Waals surface area contributed by atoms with E-state index in [-0.39, 0.29) is 4.90 Å². The largest absolute Gasteiger partial charge is 0.280 e. The Balaban J connectivity index is 2.51. The van der Waals surface area contributed by atoms with E-state index in [2.05, 4.69) is 5.10 Å². The van der Waals surface area contributed by atoms with Crippen LogP contribution < -0.4 is 0 Å². The van der Waals surface area contributed by atoms with Crippen molar-refractivity contribution in [2.45, 2.75) is 17.9 Å². The number of hydrogen-bond acceptors (Lipinski definition) is 4. The van der Waals surface area contributed by atoms with Gasteiger partial charge in [0.25, 0.3) is 10.0 Å². The van der Waals surface area contributed by atoms with Crippen molar-refractivity contribution in [3.05, 3.63) is 42.0 Å². The van der Waals surface area contributed by atoms with E-state index >= 15 is 0 Å². The highest BCUT2D eigenvalue weighted by atomic mass is 32.2. The average Bonchev–Trinajstić information content (AvgIpc) is 2.39. The van der Waals surface area contributed by atoms with Crippen LogP contribution in [0.2, 0.25) is 0 Å². The SMILES string of the molecule is Cc1ccccc1S(=O)(=O)N1N=CC=CC1C#N. The van der Waals surface area contributed by atoms with Gasteiger partial charge in [-0.1, -0.05) is 18.2 Å². The van der Waals surface area contributed by atoms with Crippen LogP contribution in [0.15, 0.2) is 46.4 Å². The lowest BCUT2D eigenvalue weighted by Crippen LogP contribution is -2.35. The molecule has 1 aliphatic rings. The molecule has 5 nitrogen and oxygen atoms in total. The molecule has 1 atom stereocenters. The Morgan fingerprint density at radius 3 is 2.78 bits per heavy atom. The average molecular weight is 261 g/mol. The maximum Gasteiger partial charge on any atom is 0.280 e. The number of benzene rings is 1. The number of sulfonamides is 1. The summed E-state index contributed by atoms with van der Waals surface area (Å²) in [4.78, 5) is 0.165. The van der Waals surface area contributed by atoms with E-state index in [4.69, 9.17) is 5.26 Å². The minimum atomic E-state index is -3.79. The summed E-state index contributed by atoms with van der Waals surface area (Å²) in [5.74, 6) is 0. The molecule has 0 amide bonds. The number of hydrazone groups is 1. The van der Waals surface area contributed by atoms with E-state index < -0.39 is 16.1 Å². The van der Waals surface area contributed by atoms with Gasteiger partial charge in [0.15, 0.2) is 6.04 Å². The Bertz CT molecular complexity index is 656. The summed E-state index contributed by atoms with van der Waals surface area (Å²) in [6.07, 6.45) is 4.39. The van der Waals surface area contributed by atoms with Gasteiger partial charge in [0.2, 0.25) is 0 Å². The quantitative estimate of drug-likeness (QED) is 0.808. The van der Waals surface area contributed by atoms with Gasteiger partial charge in [-0.25, -0.2) is 0 Å². The maximum absolute atomic E-state index is 12.4. The lowest BCUT2D eigenvalue weighted by Gasteiger charge is -2.23. The Morgan fingerprint density at radius 2 is 2.11 bits per heavy atom. The molecule has 0 radical (unpaired) electrons. The maximum atomic E-state index is 12.4. The Labute approximate surface area is 106 Å². The van der Waals surface area contributed by atoms with Crippen molar-refractivity contribution < 1.29 is 8.42 Å². The summed E-state index contributed by atoms with van der Waals surface area (Å²) in [7, 11) is -3.79. The summed E-state index contributed by atoms with van der Waals surface area (Å²) in [5.41, 5.74) is 0.624. The van der Waals surface area contributed by atoms with Gasteiger partial charge in [0.05, 0.1) is 11.0 Å². The second kappa shape index (κ2) is 4.63. The molecule has 18 heavy (non-hydrogen) atoms. The number of allylic oxidation sites excluding steroid dienone is 1. The smallest absolute Gasteiger partial charge is 0.200 e. The van der Waals surface area contributed by atoms with Crippen LogP contribution in [0.5, 0.6) is 0 Å². The fourth-order valence-corrected chi connectivity index (χ4v) is 3.18. The van der Waals surface area contributed by atoms with Crippen molar-refractivity contribution in [3.63, 3.8) is 0 Å². The molecule has 0 N–H and O–H groups in total. The zero-order valence-electron chi connectivity index (χ0n) is 9.69. The third-order valence-corrected chi connectivity index (χ3v) is 4.38. The van der Waals surface area contributed by atoms with Crippen molar-refractivity contribution in [1.29, 1.82) is 5.26 Å². The molecule has 6 heteroatoms. The van der Waals surface area contributed by atoms with Gasteiger partial charge in [-0.2, -0.15) is 23.2 Å². The number of nitrogens with zero attached hydrogens (tertiary/aromatic N) is 3. The standard InChI is InChI=1S/C12H11N3O2S/c1-10-5-2-3-7-12(10)18(16,17)15-11(9-13)6-4-8-14-15/h2-8,11H,1H3. The molecule has 2 rings (SSSR count). The van der Waals surface area contributed by atoms with Gasteiger partial charge in [-0.15, -0.1) is 0 Å². The zero-order valence-corrected chi connectivity index (χ0v) is 10.5. The van der Waals surface area contributed by atoms with Gasteiger partial charge in [0.1, 0.15) is 0 Å².